The number of oxime groups is 1. The van der Waals surface area contributed by atoms with Gasteiger partial charge in [0.1, 0.15) is 11.8 Å². The summed E-state index contributed by atoms with van der Waals surface area (Å²) in [5.41, 5.74) is 5.74. The molecule has 0 unspecified atom stereocenters. The van der Waals surface area contributed by atoms with Gasteiger partial charge in [0, 0.05) is 5.38 Å². The van der Waals surface area contributed by atoms with E-state index in [0.29, 0.717) is 17.1 Å². The monoisotopic (exact) mass is 210 g/mol. The molecule has 1 rings (SSSR count). The second-order valence-electron chi connectivity index (χ2n) is 2.10. The molecule has 1 heterocycles. The van der Waals surface area contributed by atoms with Crippen LogP contribution in [-0.4, -0.2) is 23.6 Å². The number of nitriles is 1. The van der Waals surface area contributed by atoms with Gasteiger partial charge in [0.25, 0.3) is 0 Å². The highest BCUT2D eigenvalue weighted by Gasteiger charge is 2.06. The Morgan fingerprint density at radius 3 is 3.21 bits per heavy atom. The summed E-state index contributed by atoms with van der Waals surface area (Å²) in [6.07, 6.45) is 0.492. The summed E-state index contributed by atoms with van der Waals surface area (Å²) < 4.78 is 0. The Morgan fingerprint density at radius 2 is 2.71 bits per heavy atom. The maximum atomic E-state index is 10.5. The molecule has 1 aromatic heterocycles. The van der Waals surface area contributed by atoms with E-state index in [1.165, 1.54) is 11.3 Å². The molecule has 1 aromatic rings. The Bertz CT molecular complexity index is 393. The molecule has 0 spiro atoms. The molecule has 0 fully saturated rings. The Labute approximate surface area is 83.6 Å². The zero-order valence-corrected chi connectivity index (χ0v) is 7.82. The summed E-state index contributed by atoms with van der Waals surface area (Å²) in [5.74, 6) is 0. The highest BCUT2D eigenvalue weighted by molar-refractivity contribution is 7.13. The molecule has 2 N–H and O–H groups in total. The Kier molecular flexibility index (Phi) is 3.58. The number of nitrogens with two attached hydrogens (primary N) is 1. The lowest BCUT2D eigenvalue weighted by atomic mass is 10.3. The van der Waals surface area contributed by atoms with E-state index < -0.39 is 0 Å². The predicted octanol–water partition coefficient (Wildman–Crippen LogP) is 0.168. The third-order valence-corrected chi connectivity index (χ3v) is 1.86. The van der Waals surface area contributed by atoms with Gasteiger partial charge in [-0.15, -0.1) is 11.3 Å². The minimum absolute atomic E-state index is 0.0215. The Hall–Kier alpha value is -1.94. The molecule has 7 heteroatoms. The second kappa shape index (κ2) is 4.94. The van der Waals surface area contributed by atoms with Crippen LogP contribution in [0, 0.1) is 11.3 Å². The number of nitrogens with zero attached hydrogens (tertiary/aromatic N) is 3. The van der Waals surface area contributed by atoms with Crippen LogP contribution < -0.4 is 5.73 Å². The quantitative estimate of drug-likeness (QED) is 0.330. The lowest BCUT2D eigenvalue weighted by molar-refractivity contribution is -0.102. The fourth-order valence-electron chi connectivity index (χ4n) is 0.665. The van der Waals surface area contributed by atoms with E-state index in [1.807, 2.05) is 0 Å². The van der Waals surface area contributed by atoms with Gasteiger partial charge in [0.15, 0.2) is 17.1 Å². The summed E-state index contributed by atoms with van der Waals surface area (Å²) >= 11 is 1.19. The average molecular weight is 210 g/mol. The minimum atomic E-state index is -0.211. The van der Waals surface area contributed by atoms with Gasteiger partial charge < -0.3 is 10.6 Å². The Balaban J connectivity index is 2.77. The predicted molar refractivity (Wildman–Crippen MR) is 50.7 cm³/mol. The number of aromatic nitrogens is 1. The largest absolute Gasteiger partial charge is 0.380 e. The van der Waals surface area contributed by atoms with Crippen LogP contribution in [0.5, 0.6) is 0 Å². The van der Waals surface area contributed by atoms with Gasteiger partial charge >= 0.3 is 0 Å². The number of carbonyl (C=O) groups excluding carboxylic acids is 1. The van der Waals surface area contributed by atoms with Crippen molar-refractivity contribution in [2.75, 3.05) is 12.3 Å². The first-order valence-electron chi connectivity index (χ1n) is 3.51. The van der Waals surface area contributed by atoms with Crippen LogP contribution in [0.25, 0.3) is 0 Å². The zero-order chi connectivity index (χ0) is 10.4. The van der Waals surface area contributed by atoms with Crippen LogP contribution in [0.4, 0.5) is 5.13 Å². The number of hydrogen-bond acceptors (Lipinski definition) is 7. The lowest BCUT2D eigenvalue weighted by Gasteiger charge is -1.92. The first-order chi connectivity index (χ1) is 6.77. The van der Waals surface area contributed by atoms with Crippen molar-refractivity contribution in [1.82, 2.24) is 4.98 Å². The fraction of sp³-hybridized carbons (Fsp3) is 0.143. The molecule has 0 aromatic carbocycles. The summed E-state index contributed by atoms with van der Waals surface area (Å²) in [6, 6.07) is 1.72. The molecule has 6 nitrogen and oxygen atoms in total. The van der Waals surface area contributed by atoms with Crippen molar-refractivity contribution in [3.05, 3.63) is 11.1 Å². The van der Waals surface area contributed by atoms with Crippen molar-refractivity contribution in [3.63, 3.8) is 0 Å². The molecule has 0 atom stereocenters. The first-order valence-corrected chi connectivity index (χ1v) is 4.39. The number of hydrogen-bond donors (Lipinski definition) is 1. The third kappa shape index (κ3) is 2.53. The molecule has 72 valence electrons. The zero-order valence-electron chi connectivity index (χ0n) is 7.01. The average Bonchev–Trinajstić information content (AvgIpc) is 2.60. The molecular formula is C7H6N4O2S. The number of nitrogen functional groups attached to an aromatic ring is 1. The number of anilines is 1. The van der Waals surface area contributed by atoms with Crippen molar-refractivity contribution in [2.24, 2.45) is 5.16 Å². The van der Waals surface area contributed by atoms with Crippen molar-refractivity contribution in [2.45, 2.75) is 0 Å². The van der Waals surface area contributed by atoms with Gasteiger partial charge in [-0.1, -0.05) is 5.16 Å². The number of carbonyl (C=O) groups is 1. The highest BCUT2D eigenvalue weighted by atomic mass is 32.1. The molecule has 0 aliphatic carbocycles. The van der Waals surface area contributed by atoms with Crippen LogP contribution in [0.2, 0.25) is 0 Å². The van der Waals surface area contributed by atoms with Gasteiger partial charge in [-0.3, -0.25) is 4.79 Å². The van der Waals surface area contributed by atoms with Crippen molar-refractivity contribution < 1.29 is 9.63 Å². The molecule has 0 radical (unpaired) electrons. The summed E-state index contributed by atoms with van der Waals surface area (Å²) in [6.45, 7) is -0.211. The SMILES string of the molecule is N#CCO/N=C(\C=O)c1csc(N)n1. The van der Waals surface area contributed by atoms with Crippen molar-refractivity contribution >= 4 is 28.5 Å². The van der Waals surface area contributed by atoms with Crippen LogP contribution in [0.15, 0.2) is 10.5 Å². The third-order valence-electron chi connectivity index (χ3n) is 1.19. The van der Waals surface area contributed by atoms with E-state index in [0.717, 1.165) is 0 Å². The number of rotatable bonds is 4. The maximum Gasteiger partial charge on any atom is 0.202 e. The lowest BCUT2D eigenvalue weighted by Crippen LogP contribution is -2.04. The van der Waals surface area contributed by atoms with Crippen molar-refractivity contribution in [3.8, 4) is 6.07 Å². The standard InChI is InChI=1S/C7H6N4O2S/c8-1-2-13-11-5(3-12)6-4-14-7(9)10-6/h3-4H,2H2,(H2,9,10)/b11-5+. The van der Waals surface area contributed by atoms with E-state index in [9.17, 15) is 4.79 Å². The maximum absolute atomic E-state index is 10.5. The molecular weight excluding hydrogens is 204 g/mol. The highest BCUT2D eigenvalue weighted by Crippen LogP contribution is 2.11. The van der Waals surface area contributed by atoms with Gasteiger partial charge in [-0.25, -0.2) is 4.98 Å². The van der Waals surface area contributed by atoms with E-state index in [-0.39, 0.29) is 12.3 Å². The Morgan fingerprint density at radius 1 is 1.93 bits per heavy atom. The second-order valence-corrected chi connectivity index (χ2v) is 2.99. The minimum Gasteiger partial charge on any atom is -0.380 e. The van der Waals surface area contributed by atoms with E-state index >= 15 is 0 Å². The molecule has 14 heavy (non-hydrogen) atoms. The fourth-order valence-corrected chi connectivity index (χ4v) is 1.22. The van der Waals surface area contributed by atoms with Crippen LogP contribution in [-0.2, 0) is 9.63 Å². The first kappa shape index (κ1) is 10.1. The van der Waals surface area contributed by atoms with Gasteiger partial charge in [-0.2, -0.15) is 5.26 Å². The van der Waals surface area contributed by atoms with Gasteiger partial charge in [0.2, 0.25) is 6.61 Å². The topological polar surface area (TPSA) is 101 Å². The normalized spacial score (nSPS) is 10.6. The van der Waals surface area contributed by atoms with E-state index in [2.05, 4.69) is 15.0 Å². The number of aldehydes is 1. The summed E-state index contributed by atoms with van der Waals surface area (Å²) in [7, 11) is 0. The van der Waals surface area contributed by atoms with Crippen LogP contribution in [0.3, 0.4) is 0 Å². The molecule has 0 saturated heterocycles. The van der Waals surface area contributed by atoms with Crippen molar-refractivity contribution in [1.29, 1.82) is 5.26 Å². The summed E-state index contributed by atoms with van der Waals surface area (Å²) in [4.78, 5) is 18.9. The van der Waals surface area contributed by atoms with Crippen LogP contribution in [0.1, 0.15) is 5.69 Å². The molecule has 0 saturated carbocycles. The molecule has 0 aliphatic rings. The van der Waals surface area contributed by atoms with E-state index in [1.54, 1.807) is 11.4 Å². The van der Waals surface area contributed by atoms with Gasteiger partial charge in [-0.05, 0) is 0 Å². The van der Waals surface area contributed by atoms with Gasteiger partial charge in [0.05, 0.1) is 0 Å². The molecule has 0 aliphatic heterocycles. The molecule has 0 bridgehead atoms. The smallest absolute Gasteiger partial charge is 0.202 e. The number of thiazole rings is 1. The van der Waals surface area contributed by atoms with E-state index in [4.69, 9.17) is 11.0 Å². The van der Waals surface area contributed by atoms with Crippen LogP contribution >= 0.6 is 11.3 Å². The molecule has 0 amide bonds. The summed E-state index contributed by atoms with van der Waals surface area (Å²) in [5, 5.41) is 13.5.